The van der Waals surface area contributed by atoms with E-state index >= 15 is 0 Å². The predicted molar refractivity (Wildman–Crippen MR) is 92.0 cm³/mol. The summed E-state index contributed by atoms with van der Waals surface area (Å²) in [6.45, 7) is 6.86. The zero-order valence-electron chi connectivity index (χ0n) is 14.3. The van der Waals surface area contributed by atoms with Crippen LogP contribution in [0.25, 0.3) is 0 Å². The highest BCUT2D eigenvalue weighted by atomic mass is 19.4. The van der Waals surface area contributed by atoms with Gasteiger partial charge in [-0.15, -0.1) is 0 Å². The largest absolute Gasteiger partial charge is 0.416 e. The molecule has 138 valence electrons. The van der Waals surface area contributed by atoms with Crippen molar-refractivity contribution in [3.8, 4) is 0 Å². The number of hydrogen-bond acceptors (Lipinski definition) is 3. The molecule has 0 saturated carbocycles. The Labute approximate surface area is 149 Å². The third-order valence-electron chi connectivity index (χ3n) is 4.29. The maximum Gasteiger partial charge on any atom is 0.416 e. The molecule has 0 bridgehead atoms. The summed E-state index contributed by atoms with van der Waals surface area (Å²) in [5, 5.41) is 7.09. The standard InChI is InChI=1S/C18H19F3N4O/c1-12(2)17(26)22-9-13-10-24(16-7-8-23-25(16)11-13)15-5-3-14(4-6-15)18(19,20)21/h3-8,13H,1,9-11H2,2H3,(H,22,26). The Hall–Kier alpha value is -2.77. The molecule has 0 spiro atoms. The number of fused-ring (bicyclic) bond motifs is 1. The summed E-state index contributed by atoms with van der Waals surface area (Å²) in [6.07, 6.45) is -2.71. The van der Waals surface area contributed by atoms with Crippen LogP contribution in [0.5, 0.6) is 0 Å². The molecule has 1 atom stereocenters. The fourth-order valence-corrected chi connectivity index (χ4v) is 2.93. The summed E-state index contributed by atoms with van der Waals surface area (Å²) >= 11 is 0. The molecule has 3 rings (SSSR count). The summed E-state index contributed by atoms with van der Waals surface area (Å²) in [6, 6.07) is 6.87. The van der Waals surface area contributed by atoms with Gasteiger partial charge in [0.2, 0.25) is 5.91 Å². The predicted octanol–water partition coefficient (Wildman–Crippen LogP) is 3.36. The van der Waals surface area contributed by atoms with Crippen LogP contribution < -0.4 is 10.2 Å². The van der Waals surface area contributed by atoms with E-state index in [0.717, 1.165) is 18.0 Å². The fraction of sp³-hybridized carbons (Fsp3) is 0.333. The molecular formula is C18H19F3N4O. The number of hydrogen-bond donors (Lipinski definition) is 1. The van der Waals surface area contributed by atoms with Crippen LogP contribution in [0.15, 0.2) is 48.7 Å². The van der Waals surface area contributed by atoms with Crippen molar-refractivity contribution in [1.82, 2.24) is 15.1 Å². The van der Waals surface area contributed by atoms with Gasteiger partial charge in [0.15, 0.2) is 0 Å². The summed E-state index contributed by atoms with van der Waals surface area (Å²) in [7, 11) is 0. The zero-order chi connectivity index (χ0) is 18.9. The lowest BCUT2D eigenvalue weighted by atomic mass is 10.1. The van der Waals surface area contributed by atoms with Crippen LogP contribution in [-0.4, -0.2) is 28.8 Å². The number of carbonyl (C=O) groups is 1. The third-order valence-corrected chi connectivity index (χ3v) is 4.29. The number of halogens is 3. The first-order valence-electron chi connectivity index (χ1n) is 8.16. The molecule has 26 heavy (non-hydrogen) atoms. The lowest BCUT2D eigenvalue weighted by Gasteiger charge is -2.35. The molecule has 1 aromatic carbocycles. The van der Waals surface area contributed by atoms with Gasteiger partial charge < -0.3 is 10.2 Å². The first kappa shape index (κ1) is 18.0. The molecule has 0 fully saturated rings. The highest BCUT2D eigenvalue weighted by Gasteiger charge is 2.31. The van der Waals surface area contributed by atoms with Gasteiger partial charge in [0.1, 0.15) is 5.82 Å². The number of anilines is 2. The van der Waals surface area contributed by atoms with E-state index < -0.39 is 11.7 Å². The van der Waals surface area contributed by atoms with E-state index in [-0.39, 0.29) is 11.8 Å². The number of rotatable bonds is 4. The van der Waals surface area contributed by atoms with Crippen molar-refractivity contribution in [2.75, 3.05) is 18.0 Å². The molecule has 1 amide bonds. The molecule has 1 N–H and O–H groups in total. The van der Waals surface area contributed by atoms with Crippen LogP contribution in [0.4, 0.5) is 24.7 Å². The summed E-state index contributed by atoms with van der Waals surface area (Å²) < 4.78 is 40.1. The summed E-state index contributed by atoms with van der Waals surface area (Å²) in [5.74, 6) is 0.664. The number of alkyl halides is 3. The molecule has 1 unspecified atom stereocenters. The van der Waals surface area contributed by atoms with Gasteiger partial charge in [0.25, 0.3) is 0 Å². The Morgan fingerprint density at radius 1 is 1.27 bits per heavy atom. The molecule has 8 heteroatoms. The van der Waals surface area contributed by atoms with Crippen LogP contribution >= 0.6 is 0 Å². The Bertz CT molecular complexity index is 811. The van der Waals surface area contributed by atoms with Gasteiger partial charge in [-0.25, -0.2) is 4.68 Å². The first-order valence-corrected chi connectivity index (χ1v) is 8.16. The van der Waals surface area contributed by atoms with E-state index in [1.54, 1.807) is 17.8 Å². The highest BCUT2D eigenvalue weighted by Crippen LogP contribution is 2.34. The topological polar surface area (TPSA) is 50.2 Å². The Morgan fingerprint density at radius 2 is 1.96 bits per heavy atom. The maximum atomic E-state index is 12.8. The second-order valence-corrected chi connectivity index (χ2v) is 6.38. The Morgan fingerprint density at radius 3 is 2.58 bits per heavy atom. The van der Waals surface area contributed by atoms with E-state index in [4.69, 9.17) is 0 Å². The summed E-state index contributed by atoms with van der Waals surface area (Å²) in [5.41, 5.74) is 0.396. The Kier molecular flexibility index (Phi) is 4.76. The average Bonchev–Trinajstić information content (AvgIpc) is 3.06. The van der Waals surface area contributed by atoms with Gasteiger partial charge in [0, 0.05) is 42.9 Å². The second-order valence-electron chi connectivity index (χ2n) is 6.38. The SMILES string of the molecule is C=C(C)C(=O)NCC1CN(c2ccc(C(F)(F)F)cc2)c2ccnn2C1. The van der Waals surface area contributed by atoms with Crippen molar-refractivity contribution in [3.63, 3.8) is 0 Å². The molecule has 5 nitrogen and oxygen atoms in total. The van der Waals surface area contributed by atoms with E-state index in [0.29, 0.717) is 30.9 Å². The van der Waals surface area contributed by atoms with Crippen LogP contribution in [0, 0.1) is 5.92 Å². The van der Waals surface area contributed by atoms with Crippen molar-refractivity contribution in [2.45, 2.75) is 19.6 Å². The number of aromatic nitrogens is 2. The quantitative estimate of drug-likeness (QED) is 0.847. The zero-order valence-corrected chi connectivity index (χ0v) is 14.3. The number of benzene rings is 1. The minimum atomic E-state index is -4.36. The monoisotopic (exact) mass is 364 g/mol. The van der Waals surface area contributed by atoms with Crippen LogP contribution in [0.2, 0.25) is 0 Å². The van der Waals surface area contributed by atoms with Gasteiger partial charge in [0.05, 0.1) is 11.8 Å². The smallest absolute Gasteiger partial charge is 0.352 e. The highest BCUT2D eigenvalue weighted by molar-refractivity contribution is 5.92. The minimum absolute atomic E-state index is 0.0630. The van der Waals surface area contributed by atoms with Crippen molar-refractivity contribution in [1.29, 1.82) is 0 Å². The number of nitrogens with one attached hydrogen (secondary N) is 1. The van der Waals surface area contributed by atoms with Crippen molar-refractivity contribution in [2.24, 2.45) is 5.92 Å². The number of amides is 1. The molecule has 1 aromatic heterocycles. The molecule has 0 radical (unpaired) electrons. The lowest BCUT2D eigenvalue weighted by molar-refractivity contribution is -0.137. The van der Waals surface area contributed by atoms with Crippen LogP contribution in [-0.2, 0) is 17.5 Å². The number of carbonyl (C=O) groups excluding carboxylic acids is 1. The molecular weight excluding hydrogens is 345 g/mol. The average molecular weight is 364 g/mol. The maximum absolute atomic E-state index is 12.8. The second kappa shape index (κ2) is 6.86. The molecule has 2 heterocycles. The van der Waals surface area contributed by atoms with Crippen LogP contribution in [0.1, 0.15) is 12.5 Å². The molecule has 2 aromatic rings. The van der Waals surface area contributed by atoms with Gasteiger partial charge in [-0.2, -0.15) is 18.3 Å². The van der Waals surface area contributed by atoms with E-state index in [9.17, 15) is 18.0 Å². The molecule has 1 aliphatic heterocycles. The molecule has 0 saturated heterocycles. The van der Waals surface area contributed by atoms with Crippen LogP contribution in [0.3, 0.4) is 0 Å². The first-order chi connectivity index (χ1) is 12.3. The third kappa shape index (κ3) is 3.74. The van der Waals surface area contributed by atoms with Gasteiger partial charge in [-0.1, -0.05) is 6.58 Å². The van der Waals surface area contributed by atoms with Gasteiger partial charge in [-0.3, -0.25) is 4.79 Å². The molecule has 0 aliphatic carbocycles. The lowest BCUT2D eigenvalue weighted by Crippen LogP contribution is -2.41. The fourth-order valence-electron chi connectivity index (χ4n) is 2.93. The van der Waals surface area contributed by atoms with Crippen molar-refractivity contribution in [3.05, 3.63) is 54.2 Å². The molecule has 1 aliphatic rings. The minimum Gasteiger partial charge on any atom is -0.352 e. The number of nitrogens with zero attached hydrogens (tertiary/aromatic N) is 3. The van der Waals surface area contributed by atoms with Crippen molar-refractivity contribution < 1.29 is 18.0 Å². The normalized spacial score (nSPS) is 16.9. The van der Waals surface area contributed by atoms with Gasteiger partial charge >= 0.3 is 6.18 Å². The van der Waals surface area contributed by atoms with E-state index in [2.05, 4.69) is 17.0 Å². The van der Waals surface area contributed by atoms with Crippen molar-refractivity contribution >= 4 is 17.4 Å². The Balaban J connectivity index is 1.80. The van der Waals surface area contributed by atoms with E-state index in [1.165, 1.54) is 12.1 Å². The van der Waals surface area contributed by atoms with Gasteiger partial charge in [-0.05, 0) is 31.2 Å². The summed E-state index contributed by atoms with van der Waals surface area (Å²) in [4.78, 5) is 13.6. The van der Waals surface area contributed by atoms with E-state index in [1.807, 2.05) is 11.0 Å².